The fraction of sp³-hybridized carbons (Fsp3) is 0.571. The average molecular weight is 387 g/mol. The number of aryl methyl sites for hydroxylation is 1. The van der Waals surface area contributed by atoms with Gasteiger partial charge in [0.05, 0.1) is 0 Å². The van der Waals surface area contributed by atoms with Crippen LogP contribution >= 0.6 is 0 Å². The summed E-state index contributed by atoms with van der Waals surface area (Å²) < 4.78 is 23.3. The molecule has 1 amide bonds. The molecule has 6 nitrogen and oxygen atoms in total. The molecule has 1 atom stereocenters. The lowest BCUT2D eigenvalue weighted by molar-refractivity contribution is 0.0889. The molecule has 1 N–H and O–H groups in total. The maximum absolute atomic E-state index is 13.0. The number of ether oxygens (including phenoxy) is 1. The monoisotopic (exact) mass is 387 g/mol. The minimum absolute atomic E-state index is 0.00762. The number of amides is 1. The lowest BCUT2D eigenvalue weighted by Gasteiger charge is -2.28. The molecule has 1 unspecified atom stereocenters. The van der Waals surface area contributed by atoms with Crippen LogP contribution in [0.3, 0.4) is 0 Å². The zero-order chi connectivity index (χ0) is 19.7. The van der Waals surface area contributed by atoms with Crippen LogP contribution in [0.15, 0.2) is 22.7 Å². The topological polar surface area (TPSA) is 77.2 Å². The summed E-state index contributed by atoms with van der Waals surface area (Å²) in [5, 5.41) is 7.16. The van der Waals surface area contributed by atoms with Crippen LogP contribution in [-0.4, -0.2) is 29.3 Å². The molecule has 0 radical (unpaired) electrons. The lowest BCUT2D eigenvalue weighted by Crippen LogP contribution is -2.44. The first kappa shape index (κ1) is 18.9. The average Bonchev–Trinajstić information content (AvgIpc) is 3.60. The third kappa shape index (κ3) is 4.18. The molecule has 150 valence electrons. The van der Waals surface area contributed by atoms with Crippen LogP contribution in [0.4, 0.5) is 4.39 Å². The minimum Gasteiger partial charge on any atom is -0.491 e. The Labute approximate surface area is 163 Å². The highest BCUT2D eigenvalue weighted by atomic mass is 19.1. The second kappa shape index (κ2) is 7.53. The quantitative estimate of drug-likeness (QED) is 0.702. The van der Waals surface area contributed by atoms with E-state index in [9.17, 15) is 9.18 Å². The zero-order valence-electron chi connectivity index (χ0n) is 16.3. The van der Waals surface area contributed by atoms with Crippen LogP contribution in [0.1, 0.15) is 72.6 Å². The molecule has 0 bridgehead atoms. The highest BCUT2D eigenvalue weighted by Crippen LogP contribution is 2.45. The number of aromatic nitrogens is 2. The minimum atomic E-state index is -0.703. The van der Waals surface area contributed by atoms with Crippen LogP contribution < -0.4 is 10.1 Å². The fourth-order valence-electron chi connectivity index (χ4n) is 3.62. The van der Waals surface area contributed by atoms with E-state index >= 15 is 0 Å². The van der Waals surface area contributed by atoms with E-state index in [1.54, 1.807) is 13.0 Å². The first-order chi connectivity index (χ1) is 13.5. The molecule has 4 rings (SSSR count). The second-order valence-electron chi connectivity index (χ2n) is 8.14. The zero-order valence-corrected chi connectivity index (χ0v) is 16.3. The van der Waals surface area contributed by atoms with Gasteiger partial charge in [0.15, 0.2) is 5.82 Å². The normalized spacial score (nSPS) is 18.5. The van der Waals surface area contributed by atoms with E-state index in [0.29, 0.717) is 34.9 Å². The Bertz CT molecular complexity index is 860. The Kier molecular flexibility index (Phi) is 5.08. The third-order valence-electron chi connectivity index (χ3n) is 5.43. The van der Waals surface area contributed by atoms with Gasteiger partial charge in [-0.05, 0) is 55.7 Å². The molecular weight excluding hydrogens is 361 g/mol. The molecule has 2 aliphatic rings. The summed E-state index contributed by atoms with van der Waals surface area (Å²) in [4.78, 5) is 17.4. The van der Waals surface area contributed by atoms with Crippen molar-refractivity contribution in [1.82, 2.24) is 15.5 Å². The molecule has 7 heteroatoms. The third-order valence-corrected chi connectivity index (χ3v) is 5.43. The number of alkyl halides is 1. The maximum Gasteiger partial charge on any atom is 0.252 e. The molecule has 0 spiro atoms. The van der Waals surface area contributed by atoms with Crippen molar-refractivity contribution in [1.29, 1.82) is 0 Å². The van der Waals surface area contributed by atoms with Crippen molar-refractivity contribution >= 4 is 5.91 Å². The molecule has 2 aromatic rings. The fourth-order valence-corrected chi connectivity index (χ4v) is 3.62. The summed E-state index contributed by atoms with van der Waals surface area (Å²) in [6, 6.07) is 5.46. The first-order valence-corrected chi connectivity index (χ1v) is 9.94. The Morgan fingerprint density at radius 1 is 1.36 bits per heavy atom. The summed E-state index contributed by atoms with van der Waals surface area (Å²) in [5.74, 6) is 2.36. The second-order valence-corrected chi connectivity index (χ2v) is 8.14. The van der Waals surface area contributed by atoms with Gasteiger partial charge in [-0.25, -0.2) is 4.39 Å². The van der Waals surface area contributed by atoms with Crippen LogP contribution in [0.5, 0.6) is 5.75 Å². The van der Waals surface area contributed by atoms with Crippen LogP contribution in [-0.2, 0) is 5.54 Å². The summed E-state index contributed by atoms with van der Waals surface area (Å²) in [7, 11) is 0. The van der Waals surface area contributed by atoms with E-state index in [1.807, 2.05) is 19.1 Å². The number of nitrogens with one attached hydrogen (secondary N) is 1. The van der Waals surface area contributed by atoms with E-state index in [1.165, 1.54) is 0 Å². The van der Waals surface area contributed by atoms with E-state index in [2.05, 4.69) is 15.5 Å². The molecule has 2 fully saturated rings. The standard InChI is InChI=1S/C21H26FN3O3/c1-13-23-20(25-28-13)21(2,12-14-3-4-14)24-19(26)16-7-8-17(15-5-6-15)18(11-16)27-10-9-22/h7-8,11,14-15H,3-6,9-10,12H2,1-2H3,(H,24,26). The lowest BCUT2D eigenvalue weighted by atomic mass is 9.93. The molecule has 2 aliphatic carbocycles. The van der Waals surface area contributed by atoms with Crippen LogP contribution in [0, 0.1) is 12.8 Å². The molecule has 1 aromatic carbocycles. The van der Waals surface area contributed by atoms with Crippen molar-refractivity contribution in [3.63, 3.8) is 0 Å². The van der Waals surface area contributed by atoms with Gasteiger partial charge in [-0.1, -0.05) is 24.1 Å². The first-order valence-electron chi connectivity index (χ1n) is 9.94. The maximum atomic E-state index is 13.0. The van der Waals surface area contributed by atoms with Gasteiger partial charge in [-0.15, -0.1) is 0 Å². The van der Waals surface area contributed by atoms with Gasteiger partial charge in [0.25, 0.3) is 5.91 Å². The molecule has 0 saturated heterocycles. The van der Waals surface area contributed by atoms with Crippen molar-refractivity contribution < 1.29 is 18.4 Å². The predicted molar refractivity (Wildman–Crippen MR) is 101 cm³/mol. The Morgan fingerprint density at radius 2 is 2.14 bits per heavy atom. The SMILES string of the molecule is Cc1nc(C(C)(CC2CC2)NC(=O)c2ccc(C3CC3)c(OCCF)c2)no1. The van der Waals surface area contributed by atoms with Gasteiger partial charge in [0.1, 0.15) is 24.6 Å². The van der Waals surface area contributed by atoms with Crippen LogP contribution in [0.25, 0.3) is 0 Å². The number of hydrogen-bond donors (Lipinski definition) is 1. The summed E-state index contributed by atoms with van der Waals surface area (Å²) in [6.45, 7) is 3.11. The molecule has 1 heterocycles. The van der Waals surface area contributed by atoms with Crippen molar-refractivity contribution in [3.8, 4) is 5.75 Å². The van der Waals surface area contributed by atoms with Gasteiger partial charge in [-0.3, -0.25) is 4.79 Å². The molecular formula is C21H26FN3O3. The Balaban J connectivity index is 1.56. The summed E-state index contributed by atoms with van der Waals surface area (Å²) >= 11 is 0. The number of carbonyl (C=O) groups is 1. The summed E-state index contributed by atoms with van der Waals surface area (Å²) in [6.07, 6.45) is 5.28. The van der Waals surface area contributed by atoms with Crippen LogP contribution in [0.2, 0.25) is 0 Å². The van der Waals surface area contributed by atoms with Gasteiger partial charge >= 0.3 is 0 Å². The van der Waals surface area contributed by atoms with Gasteiger partial charge in [0.2, 0.25) is 5.89 Å². The number of nitrogens with zero attached hydrogens (tertiary/aromatic N) is 2. The van der Waals surface area contributed by atoms with Crippen molar-refractivity contribution in [2.45, 2.75) is 57.4 Å². The highest BCUT2D eigenvalue weighted by molar-refractivity contribution is 5.95. The smallest absolute Gasteiger partial charge is 0.252 e. The van der Waals surface area contributed by atoms with Gasteiger partial charge in [-0.2, -0.15) is 4.98 Å². The number of rotatable bonds is 9. The van der Waals surface area contributed by atoms with Gasteiger partial charge in [0, 0.05) is 12.5 Å². The summed E-state index contributed by atoms with van der Waals surface area (Å²) in [5.41, 5.74) is 0.838. The van der Waals surface area contributed by atoms with E-state index < -0.39 is 12.2 Å². The Hall–Kier alpha value is -2.44. The number of benzene rings is 1. The molecule has 28 heavy (non-hydrogen) atoms. The largest absolute Gasteiger partial charge is 0.491 e. The number of halogens is 1. The number of hydrogen-bond acceptors (Lipinski definition) is 5. The van der Waals surface area contributed by atoms with E-state index in [0.717, 1.165) is 37.7 Å². The van der Waals surface area contributed by atoms with E-state index in [-0.39, 0.29) is 12.5 Å². The predicted octanol–water partition coefficient (Wildman–Crippen LogP) is 4.05. The van der Waals surface area contributed by atoms with Crippen molar-refractivity contribution in [3.05, 3.63) is 41.0 Å². The van der Waals surface area contributed by atoms with E-state index in [4.69, 9.17) is 9.26 Å². The Morgan fingerprint density at radius 3 is 2.75 bits per heavy atom. The molecule has 2 saturated carbocycles. The molecule has 0 aliphatic heterocycles. The number of carbonyl (C=O) groups excluding carboxylic acids is 1. The molecule has 1 aromatic heterocycles. The van der Waals surface area contributed by atoms with Crippen molar-refractivity contribution in [2.75, 3.05) is 13.3 Å². The van der Waals surface area contributed by atoms with Gasteiger partial charge < -0.3 is 14.6 Å². The highest BCUT2D eigenvalue weighted by Gasteiger charge is 2.39. The van der Waals surface area contributed by atoms with Crippen molar-refractivity contribution in [2.24, 2.45) is 5.92 Å².